The maximum atomic E-state index is 13.6. The number of hydrogen-bond acceptors (Lipinski definition) is 6. The molecule has 0 spiro atoms. The SMILES string of the molecule is COc1ccc(/C=c2/sc3n(c2=O)C(c2ccc(Cl)cc2)C2=C(CCCC2=O)N=3)c(OC)c1. The zero-order chi connectivity index (χ0) is 23.1. The summed E-state index contributed by atoms with van der Waals surface area (Å²) in [4.78, 5) is 31.9. The predicted octanol–water partition coefficient (Wildman–Crippen LogP) is 3.64. The van der Waals surface area contributed by atoms with Crippen molar-refractivity contribution >= 4 is 34.8 Å². The number of allylic oxidation sites excluding steroid dienone is 2. The van der Waals surface area contributed by atoms with Crippen molar-refractivity contribution in [2.75, 3.05) is 14.2 Å². The first-order valence-corrected chi connectivity index (χ1v) is 11.7. The summed E-state index contributed by atoms with van der Waals surface area (Å²) < 4.78 is 12.9. The minimum atomic E-state index is -0.513. The second kappa shape index (κ2) is 8.65. The van der Waals surface area contributed by atoms with Crippen LogP contribution in [0.25, 0.3) is 6.08 Å². The Morgan fingerprint density at radius 3 is 2.61 bits per heavy atom. The number of aromatic nitrogens is 1. The van der Waals surface area contributed by atoms with Gasteiger partial charge in [0.25, 0.3) is 5.56 Å². The topological polar surface area (TPSA) is 69.9 Å². The van der Waals surface area contributed by atoms with E-state index in [2.05, 4.69) is 0 Å². The van der Waals surface area contributed by atoms with Crippen LogP contribution in [-0.2, 0) is 4.79 Å². The molecule has 1 aliphatic heterocycles. The van der Waals surface area contributed by atoms with Crippen LogP contribution < -0.4 is 24.4 Å². The first-order chi connectivity index (χ1) is 16.0. The number of halogens is 1. The van der Waals surface area contributed by atoms with Crippen LogP contribution in [0.3, 0.4) is 0 Å². The van der Waals surface area contributed by atoms with E-state index in [1.165, 1.54) is 11.3 Å². The van der Waals surface area contributed by atoms with Gasteiger partial charge in [0.2, 0.25) is 0 Å². The molecule has 0 radical (unpaired) electrons. The number of ketones is 1. The third kappa shape index (κ3) is 3.81. The summed E-state index contributed by atoms with van der Waals surface area (Å²) in [5, 5.41) is 0.599. The van der Waals surface area contributed by atoms with E-state index in [9.17, 15) is 9.59 Å². The number of hydrogen-bond donors (Lipinski definition) is 0. The van der Waals surface area contributed by atoms with Crippen LogP contribution >= 0.6 is 22.9 Å². The highest BCUT2D eigenvalue weighted by Crippen LogP contribution is 2.36. The van der Waals surface area contributed by atoms with Crippen LogP contribution in [0.5, 0.6) is 11.5 Å². The van der Waals surface area contributed by atoms with Crippen LogP contribution in [-0.4, -0.2) is 24.6 Å². The molecule has 168 valence electrons. The molecule has 1 unspecified atom stereocenters. The number of fused-ring (bicyclic) bond motifs is 1. The maximum absolute atomic E-state index is 13.6. The number of thiazole rings is 1. The molecule has 1 aromatic heterocycles. The molecule has 0 bridgehead atoms. The molecule has 0 fully saturated rings. The molecule has 2 aliphatic rings. The normalized spacial score (nSPS) is 18.0. The average Bonchev–Trinajstić information content (AvgIpc) is 3.13. The molecule has 0 amide bonds. The van der Waals surface area contributed by atoms with Gasteiger partial charge < -0.3 is 9.47 Å². The van der Waals surface area contributed by atoms with Crippen molar-refractivity contribution in [1.82, 2.24) is 4.57 Å². The van der Waals surface area contributed by atoms with Crippen molar-refractivity contribution in [3.8, 4) is 11.5 Å². The van der Waals surface area contributed by atoms with E-state index in [4.69, 9.17) is 26.1 Å². The Bertz CT molecular complexity index is 1470. The largest absolute Gasteiger partial charge is 0.497 e. The summed E-state index contributed by atoms with van der Waals surface area (Å²) in [6.07, 6.45) is 3.76. The monoisotopic (exact) mass is 480 g/mol. The lowest BCUT2D eigenvalue weighted by atomic mass is 9.86. The van der Waals surface area contributed by atoms with Gasteiger partial charge in [0.1, 0.15) is 11.5 Å². The molecular weight excluding hydrogens is 460 g/mol. The van der Waals surface area contributed by atoms with Crippen LogP contribution in [0.1, 0.15) is 36.4 Å². The summed E-state index contributed by atoms with van der Waals surface area (Å²) in [5.74, 6) is 1.31. The molecule has 6 nitrogen and oxygen atoms in total. The van der Waals surface area contributed by atoms with Crippen molar-refractivity contribution < 1.29 is 14.3 Å². The Kier molecular flexibility index (Phi) is 5.68. The van der Waals surface area contributed by atoms with Gasteiger partial charge in [-0.3, -0.25) is 14.2 Å². The van der Waals surface area contributed by atoms with E-state index < -0.39 is 6.04 Å². The molecule has 2 heterocycles. The highest BCUT2D eigenvalue weighted by atomic mass is 35.5. The number of rotatable bonds is 4. The molecule has 0 N–H and O–H groups in total. The Morgan fingerprint density at radius 1 is 1.09 bits per heavy atom. The predicted molar refractivity (Wildman–Crippen MR) is 128 cm³/mol. The van der Waals surface area contributed by atoms with Crippen molar-refractivity contribution in [2.45, 2.75) is 25.3 Å². The lowest BCUT2D eigenvalue weighted by Gasteiger charge is -2.28. The summed E-state index contributed by atoms with van der Waals surface area (Å²) in [5.41, 5.74) is 2.80. The van der Waals surface area contributed by atoms with E-state index in [0.29, 0.717) is 37.8 Å². The number of nitrogens with zero attached hydrogens (tertiary/aromatic N) is 2. The Balaban J connectivity index is 1.73. The van der Waals surface area contributed by atoms with E-state index in [1.807, 2.05) is 24.3 Å². The Hall–Kier alpha value is -3.16. The first-order valence-electron chi connectivity index (χ1n) is 10.6. The lowest BCUT2D eigenvalue weighted by molar-refractivity contribution is -0.116. The Morgan fingerprint density at radius 2 is 1.88 bits per heavy atom. The quantitative estimate of drug-likeness (QED) is 0.571. The number of carbonyl (C=O) groups excluding carboxylic acids is 1. The number of ether oxygens (including phenoxy) is 2. The smallest absolute Gasteiger partial charge is 0.271 e. The molecule has 5 rings (SSSR count). The van der Waals surface area contributed by atoms with Gasteiger partial charge >= 0.3 is 0 Å². The van der Waals surface area contributed by atoms with Gasteiger partial charge in [0.15, 0.2) is 10.6 Å². The van der Waals surface area contributed by atoms with Gasteiger partial charge in [-0.25, -0.2) is 4.99 Å². The minimum Gasteiger partial charge on any atom is -0.497 e. The van der Waals surface area contributed by atoms with Crippen molar-refractivity contribution in [3.05, 3.63) is 89.6 Å². The number of methoxy groups -OCH3 is 2. The molecule has 1 aliphatic carbocycles. The third-order valence-corrected chi connectivity index (χ3v) is 7.18. The molecule has 2 aromatic carbocycles. The average molecular weight is 481 g/mol. The zero-order valence-corrected chi connectivity index (χ0v) is 19.7. The van der Waals surface area contributed by atoms with Gasteiger partial charge in [0, 0.05) is 28.6 Å². The maximum Gasteiger partial charge on any atom is 0.271 e. The number of carbonyl (C=O) groups is 1. The van der Waals surface area contributed by atoms with E-state index in [0.717, 1.165) is 29.7 Å². The molecule has 8 heteroatoms. The van der Waals surface area contributed by atoms with Crippen molar-refractivity contribution in [3.63, 3.8) is 0 Å². The fourth-order valence-corrected chi connectivity index (χ4v) is 5.49. The Labute approximate surface area is 199 Å². The summed E-state index contributed by atoms with van der Waals surface area (Å²) in [6.45, 7) is 0. The van der Waals surface area contributed by atoms with E-state index >= 15 is 0 Å². The first kappa shape index (κ1) is 21.7. The zero-order valence-electron chi connectivity index (χ0n) is 18.1. The van der Waals surface area contributed by atoms with Crippen molar-refractivity contribution in [1.29, 1.82) is 0 Å². The van der Waals surface area contributed by atoms with E-state index in [-0.39, 0.29) is 11.3 Å². The fourth-order valence-electron chi connectivity index (χ4n) is 4.35. The standard InChI is InChI=1S/C25H21ClN2O4S/c1-31-17-11-8-15(20(13-17)32-2)12-21-24(30)28-23(14-6-9-16(26)10-7-14)22-18(27-25(28)33-21)4-3-5-19(22)29/h6-13,23H,3-5H2,1-2H3/b21-12+. The van der Waals surface area contributed by atoms with Crippen LogP contribution in [0.15, 0.2) is 63.5 Å². The van der Waals surface area contributed by atoms with Crippen LogP contribution in [0, 0.1) is 0 Å². The minimum absolute atomic E-state index is 0.0473. The summed E-state index contributed by atoms with van der Waals surface area (Å²) in [6, 6.07) is 12.2. The third-order valence-electron chi connectivity index (χ3n) is 5.94. The van der Waals surface area contributed by atoms with Gasteiger partial charge in [0.05, 0.1) is 30.5 Å². The van der Waals surface area contributed by atoms with Crippen LogP contribution in [0.4, 0.5) is 0 Å². The van der Waals surface area contributed by atoms with Gasteiger partial charge in [-0.05, 0) is 48.7 Å². The fraction of sp³-hybridized carbons (Fsp3) is 0.240. The second-order valence-corrected chi connectivity index (χ2v) is 9.32. The summed E-state index contributed by atoms with van der Waals surface area (Å²) >= 11 is 7.42. The molecule has 33 heavy (non-hydrogen) atoms. The van der Waals surface area contributed by atoms with Crippen molar-refractivity contribution in [2.24, 2.45) is 4.99 Å². The molecule has 1 atom stereocenters. The highest BCUT2D eigenvalue weighted by molar-refractivity contribution is 7.07. The number of benzene rings is 2. The van der Waals surface area contributed by atoms with Gasteiger partial charge in [-0.15, -0.1) is 0 Å². The second-order valence-electron chi connectivity index (χ2n) is 7.88. The van der Waals surface area contributed by atoms with Crippen LogP contribution in [0.2, 0.25) is 5.02 Å². The highest BCUT2D eigenvalue weighted by Gasteiger charge is 2.34. The number of Topliss-reactive ketones (excluding diaryl/α,β-unsaturated/α-hetero) is 1. The van der Waals surface area contributed by atoms with E-state index in [1.54, 1.807) is 43.1 Å². The molecule has 0 saturated carbocycles. The molecular formula is C25H21ClN2O4S. The molecule has 3 aromatic rings. The summed E-state index contributed by atoms with van der Waals surface area (Å²) in [7, 11) is 3.17. The molecule has 0 saturated heterocycles. The van der Waals surface area contributed by atoms with Gasteiger partial charge in [-0.1, -0.05) is 35.1 Å². The lowest BCUT2D eigenvalue weighted by Crippen LogP contribution is -2.40. The van der Waals surface area contributed by atoms with Gasteiger partial charge in [-0.2, -0.15) is 0 Å².